The molecule has 1 amide bonds. The van der Waals surface area contributed by atoms with E-state index < -0.39 is 11.7 Å². The molecule has 0 saturated carbocycles. The highest BCUT2D eigenvalue weighted by molar-refractivity contribution is 8.01. The van der Waals surface area contributed by atoms with Crippen molar-refractivity contribution < 1.29 is 9.59 Å². The Hall–Kier alpha value is -1.93. The SMILES string of the molecule is CN(C)c1nnc(Sc2ccc3c(c2)NC(=O)C3=O)s1. The average Bonchev–Trinajstić information content (AvgIpc) is 2.96. The summed E-state index contributed by atoms with van der Waals surface area (Å²) in [6, 6.07) is 5.24. The van der Waals surface area contributed by atoms with Crippen molar-refractivity contribution in [2.75, 3.05) is 24.3 Å². The molecule has 2 heterocycles. The quantitative estimate of drug-likeness (QED) is 0.873. The molecule has 0 fully saturated rings. The molecule has 6 nitrogen and oxygen atoms in total. The number of aromatic nitrogens is 2. The number of hydrogen-bond acceptors (Lipinski definition) is 7. The van der Waals surface area contributed by atoms with Gasteiger partial charge in [0.25, 0.3) is 11.7 Å². The first-order valence-electron chi connectivity index (χ1n) is 5.73. The van der Waals surface area contributed by atoms with E-state index in [1.807, 2.05) is 19.0 Å². The molecule has 2 aromatic rings. The first-order valence-corrected chi connectivity index (χ1v) is 7.36. The Morgan fingerprint density at radius 1 is 1.25 bits per heavy atom. The van der Waals surface area contributed by atoms with E-state index in [0.717, 1.165) is 14.4 Å². The Morgan fingerprint density at radius 2 is 2.05 bits per heavy atom. The van der Waals surface area contributed by atoms with Gasteiger partial charge in [-0.3, -0.25) is 9.59 Å². The lowest BCUT2D eigenvalue weighted by Gasteiger charge is -2.04. The smallest absolute Gasteiger partial charge is 0.296 e. The molecule has 1 aliphatic heterocycles. The van der Waals surface area contributed by atoms with Crippen LogP contribution in [0.4, 0.5) is 10.8 Å². The third-order valence-electron chi connectivity index (χ3n) is 2.67. The van der Waals surface area contributed by atoms with Gasteiger partial charge in [0, 0.05) is 19.0 Å². The monoisotopic (exact) mass is 306 g/mol. The van der Waals surface area contributed by atoms with E-state index in [4.69, 9.17) is 0 Å². The average molecular weight is 306 g/mol. The molecule has 8 heteroatoms. The highest BCUT2D eigenvalue weighted by Gasteiger charge is 2.27. The maximum atomic E-state index is 11.5. The van der Waals surface area contributed by atoms with Crippen molar-refractivity contribution in [1.82, 2.24) is 10.2 Å². The molecule has 102 valence electrons. The molecule has 0 atom stereocenters. The van der Waals surface area contributed by atoms with Crippen LogP contribution >= 0.6 is 23.1 Å². The number of anilines is 2. The fourth-order valence-corrected chi connectivity index (χ4v) is 3.49. The third kappa shape index (κ3) is 2.27. The van der Waals surface area contributed by atoms with Crippen molar-refractivity contribution >= 4 is 45.6 Å². The Bertz CT molecular complexity index is 711. The number of Topliss-reactive ketones (excluding diaryl/α,β-unsaturated/α-hetero) is 1. The minimum atomic E-state index is -0.576. The fourth-order valence-electron chi connectivity index (χ4n) is 1.71. The van der Waals surface area contributed by atoms with E-state index in [9.17, 15) is 9.59 Å². The lowest BCUT2D eigenvalue weighted by atomic mass is 10.1. The van der Waals surface area contributed by atoms with Crippen molar-refractivity contribution in [3.05, 3.63) is 23.8 Å². The molecule has 1 aliphatic rings. The van der Waals surface area contributed by atoms with Crippen molar-refractivity contribution in [2.45, 2.75) is 9.24 Å². The first kappa shape index (κ1) is 13.1. The van der Waals surface area contributed by atoms with E-state index in [1.54, 1.807) is 18.2 Å². The molecule has 1 aromatic carbocycles. The Balaban J connectivity index is 1.84. The van der Waals surface area contributed by atoms with Crippen LogP contribution in [-0.2, 0) is 4.79 Å². The van der Waals surface area contributed by atoms with Crippen molar-refractivity contribution in [3.8, 4) is 0 Å². The summed E-state index contributed by atoms with van der Waals surface area (Å²) in [6.45, 7) is 0. The van der Waals surface area contributed by atoms with Crippen LogP contribution in [0.25, 0.3) is 0 Å². The second-order valence-corrected chi connectivity index (χ2v) is 6.61. The molecule has 0 bridgehead atoms. The van der Waals surface area contributed by atoms with Gasteiger partial charge in [-0.15, -0.1) is 10.2 Å². The molecule has 20 heavy (non-hydrogen) atoms. The van der Waals surface area contributed by atoms with Gasteiger partial charge in [0.1, 0.15) is 0 Å². The van der Waals surface area contributed by atoms with Gasteiger partial charge in [-0.2, -0.15) is 0 Å². The second kappa shape index (κ2) is 4.88. The molecular formula is C12H10N4O2S2. The van der Waals surface area contributed by atoms with Gasteiger partial charge in [-0.25, -0.2) is 0 Å². The summed E-state index contributed by atoms with van der Waals surface area (Å²) >= 11 is 2.93. The topological polar surface area (TPSA) is 75.2 Å². The van der Waals surface area contributed by atoms with Crippen LogP contribution in [0.3, 0.4) is 0 Å². The van der Waals surface area contributed by atoms with Gasteiger partial charge in [0.05, 0.1) is 11.3 Å². The number of amides is 1. The van der Waals surface area contributed by atoms with Gasteiger partial charge in [0.15, 0.2) is 4.34 Å². The van der Waals surface area contributed by atoms with Gasteiger partial charge in [-0.05, 0) is 18.2 Å². The molecule has 0 aliphatic carbocycles. The number of carbonyl (C=O) groups is 2. The maximum Gasteiger partial charge on any atom is 0.296 e. The highest BCUT2D eigenvalue weighted by Crippen LogP contribution is 2.35. The van der Waals surface area contributed by atoms with Gasteiger partial charge in [0.2, 0.25) is 5.13 Å². The predicted octanol–water partition coefficient (Wildman–Crippen LogP) is 1.89. The van der Waals surface area contributed by atoms with E-state index in [0.29, 0.717) is 11.3 Å². The van der Waals surface area contributed by atoms with Crippen LogP contribution in [0.15, 0.2) is 27.4 Å². The predicted molar refractivity (Wildman–Crippen MR) is 77.8 cm³/mol. The zero-order valence-electron chi connectivity index (χ0n) is 10.7. The van der Waals surface area contributed by atoms with Gasteiger partial charge >= 0.3 is 0 Å². The number of benzene rings is 1. The normalized spacial score (nSPS) is 13.3. The molecule has 0 saturated heterocycles. The summed E-state index contributed by atoms with van der Waals surface area (Å²) in [5.74, 6) is -1.06. The Kier molecular flexibility index (Phi) is 3.19. The minimum Gasteiger partial charge on any atom is -0.353 e. The van der Waals surface area contributed by atoms with Crippen LogP contribution in [-0.4, -0.2) is 36.0 Å². The maximum absolute atomic E-state index is 11.5. The first-order chi connectivity index (χ1) is 9.54. The van der Waals surface area contributed by atoms with Crippen molar-refractivity contribution in [3.63, 3.8) is 0 Å². The number of nitrogens with one attached hydrogen (secondary N) is 1. The van der Waals surface area contributed by atoms with Crippen LogP contribution in [0, 0.1) is 0 Å². The lowest BCUT2D eigenvalue weighted by Crippen LogP contribution is -2.12. The van der Waals surface area contributed by atoms with E-state index >= 15 is 0 Å². The van der Waals surface area contributed by atoms with Crippen LogP contribution in [0.2, 0.25) is 0 Å². The van der Waals surface area contributed by atoms with Crippen LogP contribution in [0.5, 0.6) is 0 Å². The molecule has 0 spiro atoms. The third-order valence-corrected chi connectivity index (χ3v) is 4.81. The molecular weight excluding hydrogens is 296 g/mol. The number of ketones is 1. The van der Waals surface area contributed by atoms with Crippen LogP contribution in [0.1, 0.15) is 10.4 Å². The molecule has 1 N–H and O–H groups in total. The Labute approximate surface area is 123 Å². The molecule has 3 rings (SSSR count). The van der Waals surface area contributed by atoms with E-state index in [-0.39, 0.29) is 0 Å². The number of hydrogen-bond donors (Lipinski definition) is 1. The second-order valence-electron chi connectivity index (χ2n) is 4.34. The number of carbonyl (C=O) groups excluding carboxylic acids is 2. The number of fused-ring (bicyclic) bond motifs is 1. The summed E-state index contributed by atoms with van der Waals surface area (Å²) in [5, 5.41) is 11.5. The molecule has 1 aromatic heterocycles. The lowest BCUT2D eigenvalue weighted by molar-refractivity contribution is -0.112. The van der Waals surface area contributed by atoms with Gasteiger partial charge < -0.3 is 10.2 Å². The molecule has 0 radical (unpaired) electrons. The van der Waals surface area contributed by atoms with Crippen molar-refractivity contribution in [2.24, 2.45) is 0 Å². The van der Waals surface area contributed by atoms with Gasteiger partial charge in [-0.1, -0.05) is 23.1 Å². The highest BCUT2D eigenvalue weighted by atomic mass is 32.2. The van der Waals surface area contributed by atoms with Crippen molar-refractivity contribution in [1.29, 1.82) is 0 Å². The number of rotatable bonds is 3. The summed E-state index contributed by atoms with van der Waals surface area (Å²) in [7, 11) is 3.82. The number of nitrogens with zero attached hydrogens (tertiary/aromatic N) is 3. The van der Waals surface area contributed by atoms with E-state index in [2.05, 4.69) is 15.5 Å². The summed E-state index contributed by atoms with van der Waals surface area (Å²) in [5.41, 5.74) is 0.980. The zero-order valence-corrected chi connectivity index (χ0v) is 12.3. The largest absolute Gasteiger partial charge is 0.353 e. The van der Waals surface area contributed by atoms with Crippen LogP contribution < -0.4 is 10.2 Å². The minimum absolute atomic E-state index is 0.422. The summed E-state index contributed by atoms with van der Waals surface area (Å²) in [6.07, 6.45) is 0. The molecule has 0 unspecified atom stereocenters. The Morgan fingerprint density at radius 3 is 2.75 bits per heavy atom. The van der Waals surface area contributed by atoms with E-state index in [1.165, 1.54) is 23.1 Å². The summed E-state index contributed by atoms with van der Waals surface area (Å²) in [4.78, 5) is 25.6. The summed E-state index contributed by atoms with van der Waals surface area (Å²) < 4.78 is 0.810. The standard InChI is InChI=1S/C12H10N4O2S2/c1-16(2)11-14-15-12(20-11)19-6-3-4-7-8(5-6)13-10(18)9(7)17/h3-5H,1-2H3,(H,13,17,18). The fraction of sp³-hybridized carbons (Fsp3) is 0.167. The zero-order chi connectivity index (χ0) is 14.3.